The molecule has 0 unspecified atom stereocenters. The molecule has 0 spiro atoms. The predicted molar refractivity (Wildman–Crippen MR) is 225 cm³/mol. The molecule has 12 aromatic rings. The zero-order valence-electron chi connectivity index (χ0n) is 28.3. The first-order valence-corrected chi connectivity index (χ1v) is 18.2. The standard InChI is InChI=1S/C52H30/c1-3-15-32(16-4-1)47-45-30-43-39-23-10-9-22-38(39)40-25-13-27-42(49(40)43)50(45)48(33-17-5-2-6-18-33)51-41-26-12-20-34-28-35(29-44(46(34)41)52(47)51)37-24-11-19-31-14-7-8-21-36(31)37/h1-30H. The molecule has 0 heteroatoms. The van der Waals surface area contributed by atoms with E-state index >= 15 is 0 Å². The normalized spacial score (nSPS) is 12.2. The summed E-state index contributed by atoms with van der Waals surface area (Å²) in [5, 5.41) is 21.1. The van der Waals surface area contributed by atoms with Crippen molar-refractivity contribution >= 4 is 86.2 Å². The lowest BCUT2D eigenvalue weighted by atomic mass is 9.83. The maximum atomic E-state index is 2.52. The molecule has 238 valence electrons. The Morgan fingerprint density at radius 1 is 0.212 bits per heavy atom. The fourth-order valence-corrected chi connectivity index (χ4v) is 9.65. The average Bonchev–Trinajstić information content (AvgIpc) is 3.71. The maximum Gasteiger partial charge on any atom is -0.000719 e. The molecule has 12 rings (SSSR count). The molecule has 0 saturated carbocycles. The minimum Gasteiger partial charge on any atom is -0.0622 e. The van der Waals surface area contributed by atoms with E-state index in [2.05, 4.69) is 182 Å². The van der Waals surface area contributed by atoms with Gasteiger partial charge in [-0.05, 0) is 138 Å². The first-order valence-electron chi connectivity index (χ1n) is 18.2. The van der Waals surface area contributed by atoms with E-state index in [1.807, 2.05) is 0 Å². The first-order chi connectivity index (χ1) is 25.8. The van der Waals surface area contributed by atoms with Gasteiger partial charge < -0.3 is 0 Å². The van der Waals surface area contributed by atoms with Gasteiger partial charge in [-0.15, -0.1) is 0 Å². The molecule has 0 bridgehead atoms. The van der Waals surface area contributed by atoms with Crippen LogP contribution < -0.4 is 0 Å². The van der Waals surface area contributed by atoms with Gasteiger partial charge in [-0.1, -0.05) is 164 Å². The highest BCUT2D eigenvalue weighted by Gasteiger charge is 2.26. The van der Waals surface area contributed by atoms with Crippen molar-refractivity contribution in [3.63, 3.8) is 0 Å². The largest absolute Gasteiger partial charge is 0.0622 e. The van der Waals surface area contributed by atoms with Gasteiger partial charge in [-0.2, -0.15) is 0 Å². The molecule has 0 aliphatic heterocycles. The molecule has 0 fully saturated rings. The van der Waals surface area contributed by atoms with Crippen LogP contribution in [0, 0.1) is 0 Å². The van der Waals surface area contributed by atoms with Crippen molar-refractivity contribution in [3.05, 3.63) is 182 Å². The second kappa shape index (κ2) is 10.4. The van der Waals surface area contributed by atoms with Gasteiger partial charge in [0.2, 0.25) is 0 Å². The van der Waals surface area contributed by atoms with Crippen LogP contribution in [0.5, 0.6) is 0 Å². The molecule has 12 aromatic carbocycles. The van der Waals surface area contributed by atoms with E-state index in [0.717, 1.165) is 0 Å². The Kier molecular flexibility index (Phi) is 5.59. The third-order valence-electron chi connectivity index (χ3n) is 11.7. The summed E-state index contributed by atoms with van der Waals surface area (Å²) in [6, 6.07) is 68.0. The average molecular weight is 655 g/mol. The smallest absolute Gasteiger partial charge is 0.000719 e. The van der Waals surface area contributed by atoms with Crippen molar-refractivity contribution in [2.24, 2.45) is 0 Å². The summed E-state index contributed by atoms with van der Waals surface area (Å²) in [5.41, 5.74) is 7.64. The number of hydrogen-bond donors (Lipinski definition) is 0. The van der Waals surface area contributed by atoms with Crippen LogP contribution in [0.2, 0.25) is 0 Å². The van der Waals surface area contributed by atoms with E-state index in [1.54, 1.807) is 0 Å². The van der Waals surface area contributed by atoms with Crippen LogP contribution in [0.25, 0.3) is 120 Å². The van der Waals surface area contributed by atoms with Crippen LogP contribution in [-0.2, 0) is 0 Å². The zero-order chi connectivity index (χ0) is 33.9. The molecule has 0 N–H and O–H groups in total. The molecule has 0 aliphatic rings. The van der Waals surface area contributed by atoms with Gasteiger partial charge in [0, 0.05) is 0 Å². The van der Waals surface area contributed by atoms with Crippen LogP contribution in [0.3, 0.4) is 0 Å². The van der Waals surface area contributed by atoms with Gasteiger partial charge in [0.25, 0.3) is 0 Å². The minimum atomic E-state index is 1.24. The summed E-state index contributed by atoms with van der Waals surface area (Å²) in [6.07, 6.45) is 0. The maximum absolute atomic E-state index is 2.52. The summed E-state index contributed by atoms with van der Waals surface area (Å²) in [7, 11) is 0. The summed E-state index contributed by atoms with van der Waals surface area (Å²) in [4.78, 5) is 0. The lowest BCUT2D eigenvalue weighted by Gasteiger charge is -2.19. The van der Waals surface area contributed by atoms with Crippen molar-refractivity contribution < 1.29 is 0 Å². The Morgan fingerprint density at radius 3 is 1.54 bits per heavy atom. The fraction of sp³-hybridized carbons (Fsp3) is 0. The molecule has 0 amide bonds. The Bertz CT molecular complexity index is 3370. The monoisotopic (exact) mass is 654 g/mol. The van der Waals surface area contributed by atoms with Gasteiger partial charge in [-0.25, -0.2) is 0 Å². The lowest BCUT2D eigenvalue weighted by Crippen LogP contribution is -1.91. The van der Waals surface area contributed by atoms with Gasteiger partial charge in [0.15, 0.2) is 0 Å². The van der Waals surface area contributed by atoms with E-state index in [9.17, 15) is 0 Å². The second-order valence-corrected chi connectivity index (χ2v) is 14.3. The highest BCUT2D eigenvalue weighted by atomic mass is 14.3. The predicted octanol–water partition coefficient (Wildman–Crippen LogP) is 14.8. The topological polar surface area (TPSA) is 0 Å². The quantitative estimate of drug-likeness (QED) is 0.166. The Hall–Kier alpha value is -6.76. The van der Waals surface area contributed by atoms with Crippen molar-refractivity contribution in [1.29, 1.82) is 0 Å². The number of benzene rings is 10. The Morgan fingerprint density at radius 2 is 0.750 bits per heavy atom. The van der Waals surface area contributed by atoms with Crippen molar-refractivity contribution in [2.75, 3.05) is 0 Å². The molecule has 0 aliphatic carbocycles. The summed E-state index contributed by atoms with van der Waals surface area (Å²) < 4.78 is 0. The highest BCUT2D eigenvalue weighted by molar-refractivity contribution is 6.45. The third-order valence-corrected chi connectivity index (χ3v) is 11.7. The molecule has 0 aromatic heterocycles. The SMILES string of the molecule is c1ccc(-c2c3cc4c5ccccc5c5cccc(c3c(-c3ccccc3)c3c6cccc7cc(-c8cccc9ccccc89)cc(c23)c76)c54)cc1. The number of fused-ring (bicyclic) bond motifs is 9. The van der Waals surface area contributed by atoms with Crippen LogP contribution in [0.1, 0.15) is 0 Å². The van der Waals surface area contributed by atoms with E-state index in [0.29, 0.717) is 0 Å². The molecular formula is C52H30. The summed E-state index contributed by atoms with van der Waals surface area (Å²) in [5.74, 6) is 0. The Labute approximate surface area is 300 Å². The lowest BCUT2D eigenvalue weighted by molar-refractivity contribution is 1.68. The van der Waals surface area contributed by atoms with Crippen LogP contribution in [-0.4, -0.2) is 0 Å². The molecule has 0 radical (unpaired) electrons. The molecule has 0 saturated heterocycles. The van der Waals surface area contributed by atoms with E-state index in [1.165, 1.54) is 120 Å². The van der Waals surface area contributed by atoms with Gasteiger partial charge in [0.05, 0.1) is 0 Å². The summed E-state index contributed by atoms with van der Waals surface area (Å²) >= 11 is 0. The molecule has 0 heterocycles. The molecular weight excluding hydrogens is 625 g/mol. The number of hydrogen-bond acceptors (Lipinski definition) is 0. The molecule has 0 nitrogen and oxygen atoms in total. The number of rotatable bonds is 3. The fourth-order valence-electron chi connectivity index (χ4n) is 9.65. The van der Waals surface area contributed by atoms with E-state index in [-0.39, 0.29) is 0 Å². The van der Waals surface area contributed by atoms with Crippen LogP contribution in [0.4, 0.5) is 0 Å². The van der Waals surface area contributed by atoms with Gasteiger partial charge in [0.1, 0.15) is 0 Å². The van der Waals surface area contributed by atoms with Gasteiger partial charge >= 0.3 is 0 Å². The molecule has 52 heavy (non-hydrogen) atoms. The van der Waals surface area contributed by atoms with Crippen LogP contribution >= 0.6 is 0 Å². The Balaban J connectivity index is 1.39. The highest BCUT2D eigenvalue weighted by Crippen LogP contribution is 2.55. The minimum absolute atomic E-state index is 1.24. The summed E-state index contributed by atoms with van der Waals surface area (Å²) in [6.45, 7) is 0. The first kappa shape index (κ1) is 28.0. The van der Waals surface area contributed by atoms with Crippen molar-refractivity contribution in [2.45, 2.75) is 0 Å². The van der Waals surface area contributed by atoms with E-state index < -0.39 is 0 Å². The van der Waals surface area contributed by atoms with Crippen molar-refractivity contribution in [1.82, 2.24) is 0 Å². The zero-order valence-corrected chi connectivity index (χ0v) is 28.3. The van der Waals surface area contributed by atoms with Crippen molar-refractivity contribution in [3.8, 4) is 33.4 Å². The van der Waals surface area contributed by atoms with Gasteiger partial charge in [-0.3, -0.25) is 0 Å². The molecule has 0 atom stereocenters. The van der Waals surface area contributed by atoms with Crippen LogP contribution in [0.15, 0.2) is 182 Å². The third kappa shape index (κ3) is 3.66. The second-order valence-electron chi connectivity index (χ2n) is 14.3. The van der Waals surface area contributed by atoms with E-state index in [4.69, 9.17) is 0 Å².